The number of hydrogen-bond acceptors (Lipinski definition) is 3. The zero-order chi connectivity index (χ0) is 9.26. The number of pyridine rings is 1. The minimum atomic E-state index is 0.845. The Balaban J connectivity index is 2.73. The molecule has 0 aliphatic rings. The monoisotopic (exact) mass is 189 g/mol. The van der Waals surface area contributed by atoms with Crippen LogP contribution < -0.4 is 0 Å². The van der Waals surface area contributed by atoms with E-state index in [1.165, 1.54) is 11.8 Å². The van der Waals surface area contributed by atoms with Crippen LogP contribution in [0.3, 0.4) is 0 Å². The first-order valence-electron chi connectivity index (χ1n) is 3.82. The molecule has 0 aliphatic heterocycles. The van der Waals surface area contributed by atoms with Crippen molar-refractivity contribution < 1.29 is 0 Å². The van der Waals surface area contributed by atoms with Gasteiger partial charge in [0.25, 0.3) is 0 Å². The highest BCUT2D eigenvalue weighted by molar-refractivity contribution is 8.04. The highest BCUT2D eigenvalue weighted by Gasteiger charge is 2.08. The number of fused-ring (bicyclic) bond motifs is 1. The number of aryl methyl sites for hydroxylation is 1. The van der Waals surface area contributed by atoms with Gasteiger partial charge in [-0.15, -0.1) is 0 Å². The van der Waals surface area contributed by atoms with E-state index in [0.29, 0.717) is 0 Å². The molecule has 4 heteroatoms. The molecule has 2 rings (SSSR count). The SMILES string of the molecule is Cc1[nH]c2ncccc2c1SC#N. The van der Waals surface area contributed by atoms with Gasteiger partial charge in [-0.25, -0.2) is 4.98 Å². The molecule has 0 aliphatic carbocycles. The fourth-order valence-electron chi connectivity index (χ4n) is 1.30. The van der Waals surface area contributed by atoms with Crippen molar-refractivity contribution in [2.45, 2.75) is 11.8 Å². The van der Waals surface area contributed by atoms with Crippen LogP contribution in [0.15, 0.2) is 23.2 Å². The van der Waals surface area contributed by atoms with Gasteiger partial charge in [0.15, 0.2) is 0 Å². The second-order valence-electron chi connectivity index (χ2n) is 2.67. The maximum atomic E-state index is 8.60. The summed E-state index contributed by atoms with van der Waals surface area (Å²) < 4.78 is 0. The van der Waals surface area contributed by atoms with Crippen LogP contribution in [-0.4, -0.2) is 9.97 Å². The van der Waals surface area contributed by atoms with E-state index in [2.05, 4.69) is 15.4 Å². The molecule has 0 saturated heterocycles. The van der Waals surface area contributed by atoms with E-state index in [0.717, 1.165) is 21.6 Å². The Bertz CT molecular complexity index is 481. The number of H-pyrrole nitrogens is 1. The Morgan fingerprint density at radius 2 is 2.46 bits per heavy atom. The Kier molecular flexibility index (Phi) is 1.95. The summed E-state index contributed by atoms with van der Waals surface area (Å²) in [7, 11) is 0. The number of thiocyanates is 1. The molecular formula is C9H7N3S. The van der Waals surface area contributed by atoms with Crippen molar-refractivity contribution in [2.24, 2.45) is 0 Å². The number of aromatic nitrogens is 2. The largest absolute Gasteiger partial charge is 0.342 e. The lowest BCUT2D eigenvalue weighted by Gasteiger charge is -1.90. The van der Waals surface area contributed by atoms with E-state index in [1.54, 1.807) is 6.20 Å². The molecule has 0 amide bonds. The number of nitrogens with one attached hydrogen (secondary N) is 1. The standard InChI is InChI=1S/C9H7N3S/c1-6-8(13-5-10)7-3-2-4-11-9(7)12-6/h2-4H,1H3,(H,11,12). The molecule has 2 aromatic heterocycles. The van der Waals surface area contributed by atoms with E-state index in [-0.39, 0.29) is 0 Å². The van der Waals surface area contributed by atoms with Gasteiger partial charge in [-0.05, 0) is 30.8 Å². The number of nitrogens with zero attached hydrogens (tertiary/aromatic N) is 2. The molecule has 64 valence electrons. The molecule has 0 aromatic carbocycles. The highest BCUT2D eigenvalue weighted by Crippen LogP contribution is 2.29. The summed E-state index contributed by atoms with van der Waals surface area (Å²) in [6.07, 6.45) is 1.74. The zero-order valence-electron chi connectivity index (χ0n) is 7.03. The Labute approximate surface area is 79.8 Å². The molecule has 0 bridgehead atoms. The van der Waals surface area contributed by atoms with Crippen LogP contribution in [0.1, 0.15) is 5.69 Å². The molecule has 0 unspecified atom stereocenters. The van der Waals surface area contributed by atoms with E-state index < -0.39 is 0 Å². The Morgan fingerprint density at radius 1 is 1.62 bits per heavy atom. The van der Waals surface area contributed by atoms with Crippen LogP contribution in [0.4, 0.5) is 0 Å². The van der Waals surface area contributed by atoms with Gasteiger partial charge in [0.1, 0.15) is 11.0 Å². The molecule has 0 spiro atoms. The second-order valence-corrected chi connectivity index (χ2v) is 3.47. The molecule has 0 saturated carbocycles. The molecule has 13 heavy (non-hydrogen) atoms. The van der Waals surface area contributed by atoms with Crippen molar-refractivity contribution in [1.29, 1.82) is 5.26 Å². The number of aromatic amines is 1. The van der Waals surface area contributed by atoms with Crippen molar-refractivity contribution in [1.82, 2.24) is 9.97 Å². The summed E-state index contributed by atoms with van der Waals surface area (Å²) in [5.74, 6) is 0. The van der Waals surface area contributed by atoms with Crippen molar-refractivity contribution in [3.8, 4) is 5.40 Å². The first-order valence-corrected chi connectivity index (χ1v) is 4.64. The average molecular weight is 189 g/mol. The van der Waals surface area contributed by atoms with Gasteiger partial charge >= 0.3 is 0 Å². The number of hydrogen-bond donors (Lipinski definition) is 1. The van der Waals surface area contributed by atoms with Gasteiger partial charge in [0, 0.05) is 17.3 Å². The lowest BCUT2D eigenvalue weighted by atomic mass is 10.3. The van der Waals surface area contributed by atoms with E-state index >= 15 is 0 Å². The first-order chi connectivity index (χ1) is 6.33. The summed E-state index contributed by atoms with van der Waals surface area (Å²) in [4.78, 5) is 8.27. The van der Waals surface area contributed by atoms with Crippen molar-refractivity contribution in [3.63, 3.8) is 0 Å². The van der Waals surface area contributed by atoms with Gasteiger partial charge in [0.2, 0.25) is 0 Å². The molecule has 2 heterocycles. The topological polar surface area (TPSA) is 52.5 Å². The van der Waals surface area contributed by atoms with Crippen molar-refractivity contribution in [2.75, 3.05) is 0 Å². The summed E-state index contributed by atoms with van der Waals surface area (Å²) >= 11 is 1.17. The normalized spacial score (nSPS) is 10.2. The van der Waals surface area contributed by atoms with Crippen LogP contribution in [0.5, 0.6) is 0 Å². The zero-order valence-corrected chi connectivity index (χ0v) is 7.85. The minimum Gasteiger partial charge on any atom is -0.342 e. The van der Waals surface area contributed by atoms with E-state index in [9.17, 15) is 0 Å². The third kappa shape index (κ3) is 1.27. The van der Waals surface area contributed by atoms with Crippen LogP contribution in [0.25, 0.3) is 11.0 Å². The lowest BCUT2D eigenvalue weighted by Crippen LogP contribution is -1.72. The fraction of sp³-hybridized carbons (Fsp3) is 0.111. The minimum absolute atomic E-state index is 0.845. The predicted octanol–water partition coefficient (Wildman–Crippen LogP) is 2.44. The van der Waals surface area contributed by atoms with Crippen LogP contribution in [0, 0.1) is 17.6 Å². The first kappa shape index (κ1) is 8.14. The Hall–Kier alpha value is -1.47. The fourth-order valence-corrected chi connectivity index (χ4v) is 1.87. The summed E-state index contributed by atoms with van der Waals surface area (Å²) in [5, 5.41) is 11.7. The van der Waals surface area contributed by atoms with Gasteiger partial charge in [-0.2, -0.15) is 5.26 Å². The molecule has 2 aromatic rings. The van der Waals surface area contributed by atoms with Gasteiger partial charge in [-0.1, -0.05) is 0 Å². The van der Waals surface area contributed by atoms with Crippen LogP contribution in [-0.2, 0) is 0 Å². The quantitative estimate of drug-likeness (QED) is 0.553. The van der Waals surface area contributed by atoms with E-state index in [1.807, 2.05) is 19.1 Å². The lowest BCUT2D eigenvalue weighted by molar-refractivity contribution is 1.21. The summed E-state index contributed by atoms with van der Waals surface area (Å²) in [6, 6.07) is 3.84. The Morgan fingerprint density at radius 3 is 3.23 bits per heavy atom. The summed E-state index contributed by atoms with van der Waals surface area (Å²) in [5.41, 5.74) is 1.85. The average Bonchev–Trinajstić information content (AvgIpc) is 2.44. The maximum Gasteiger partial charge on any atom is 0.138 e. The predicted molar refractivity (Wildman–Crippen MR) is 52.3 cm³/mol. The second kappa shape index (κ2) is 3.11. The summed E-state index contributed by atoms with van der Waals surface area (Å²) in [6.45, 7) is 1.95. The molecule has 0 fully saturated rings. The number of nitriles is 1. The molecule has 3 nitrogen and oxygen atoms in total. The smallest absolute Gasteiger partial charge is 0.138 e. The van der Waals surface area contributed by atoms with E-state index in [4.69, 9.17) is 5.26 Å². The number of thioether (sulfide) groups is 1. The van der Waals surface area contributed by atoms with Gasteiger partial charge in [-0.3, -0.25) is 0 Å². The van der Waals surface area contributed by atoms with Crippen LogP contribution in [0.2, 0.25) is 0 Å². The maximum absolute atomic E-state index is 8.60. The molecule has 0 atom stereocenters. The van der Waals surface area contributed by atoms with Gasteiger partial charge in [0.05, 0.1) is 4.90 Å². The molecule has 0 radical (unpaired) electrons. The molecule has 1 N–H and O–H groups in total. The van der Waals surface area contributed by atoms with Crippen LogP contribution >= 0.6 is 11.8 Å². The van der Waals surface area contributed by atoms with Crippen molar-refractivity contribution in [3.05, 3.63) is 24.0 Å². The van der Waals surface area contributed by atoms with Crippen molar-refractivity contribution >= 4 is 22.8 Å². The number of rotatable bonds is 1. The van der Waals surface area contributed by atoms with Gasteiger partial charge < -0.3 is 4.98 Å². The highest BCUT2D eigenvalue weighted by atomic mass is 32.2. The molecular weight excluding hydrogens is 182 g/mol. The third-order valence-corrected chi connectivity index (χ3v) is 2.67. The third-order valence-electron chi connectivity index (χ3n) is 1.85.